The average molecular weight is 295 g/mol. The van der Waals surface area contributed by atoms with Crippen LogP contribution in [0.5, 0.6) is 11.5 Å². The van der Waals surface area contributed by atoms with Crippen LogP contribution in [0.4, 0.5) is 0 Å². The first kappa shape index (κ1) is 14.1. The highest BCUT2D eigenvalue weighted by Gasteiger charge is 2.11. The summed E-state index contributed by atoms with van der Waals surface area (Å²) < 4.78 is 12.1. The van der Waals surface area contributed by atoms with Gasteiger partial charge in [-0.3, -0.25) is 9.78 Å². The summed E-state index contributed by atoms with van der Waals surface area (Å²) in [5, 5.41) is 1.42. The van der Waals surface area contributed by atoms with Crippen molar-refractivity contribution in [3.63, 3.8) is 0 Å². The average Bonchev–Trinajstić information content (AvgIpc) is 2.57. The first-order chi connectivity index (χ1) is 10.6. The minimum absolute atomic E-state index is 0.0757. The fourth-order valence-electron chi connectivity index (χ4n) is 2.43. The van der Waals surface area contributed by atoms with Crippen LogP contribution in [0.25, 0.3) is 21.9 Å². The molecule has 0 aliphatic carbocycles. The third kappa shape index (κ3) is 2.30. The number of hydrogen-bond donors (Lipinski definition) is 0. The minimum atomic E-state index is -0.0757. The number of benzene rings is 1. The van der Waals surface area contributed by atoms with Crippen molar-refractivity contribution in [2.75, 3.05) is 14.2 Å². The summed E-state index contributed by atoms with van der Waals surface area (Å²) in [5.74, 6) is 1.15. The molecule has 2 aromatic heterocycles. The molecule has 5 nitrogen and oxygen atoms in total. The molecule has 0 fully saturated rings. The standard InChI is InChI=1S/C17H15N2O3/c1-19-10-16(14-4-5-18-9-15(14)17(19)20)11-6-12(21-2)8-13(7-11)22-3/h4-7,9-10H,1-3H3. The van der Waals surface area contributed by atoms with Crippen molar-refractivity contribution in [3.8, 4) is 22.6 Å². The number of methoxy groups -OCH3 is 2. The number of pyridine rings is 2. The lowest BCUT2D eigenvalue weighted by Gasteiger charge is -2.12. The molecule has 22 heavy (non-hydrogen) atoms. The highest BCUT2D eigenvalue weighted by atomic mass is 16.5. The Bertz CT molecular complexity index is 878. The molecule has 1 aromatic carbocycles. The molecular weight excluding hydrogens is 280 g/mol. The van der Waals surface area contributed by atoms with Crippen molar-refractivity contribution in [1.29, 1.82) is 0 Å². The zero-order valence-corrected chi connectivity index (χ0v) is 12.6. The molecule has 111 valence electrons. The van der Waals surface area contributed by atoms with Crippen LogP contribution in [0.3, 0.4) is 0 Å². The van der Waals surface area contributed by atoms with E-state index in [-0.39, 0.29) is 5.56 Å². The quantitative estimate of drug-likeness (QED) is 0.744. The van der Waals surface area contributed by atoms with E-state index >= 15 is 0 Å². The van der Waals surface area contributed by atoms with E-state index in [4.69, 9.17) is 9.47 Å². The molecule has 2 heterocycles. The van der Waals surface area contributed by atoms with E-state index in [9.17, 15) is 4.79 Å². The zero-order chi connectivity index (χ0) is 15.7. The fourth-order valence-corrected chi connectivity index (χ4v) is 2.43. The van der Waals surface area contributed by atoms with Crippen LogP contribution in [0.1, 0.15) is 0 Å². The minimum Gasteiger partial charge on any atom is -0.496 e. The highest BCUT2D eigenvalue weighted by molar-refractivity contribution is 5.95. The van der Waals surface area contributed by atoms with E-state index in [0.29, 0.717) is 16.9 Å². The molecule has 0 N–H and O–H groups in total. The monoisotopic (exact) mass is 295 g/mol. The van der Waals surface area contributed by atoms with Crippen LogP contribution in [-0.2, 0) is 7.05 Å². The lowest BCUT2D eigenvalue weighted by molar-refractivity contribution is 0.393. The van der Waals surface area contributed by atoms with Crippen LogP contribution < -0.4 is 15.0 Å². The van der Waals surface area contributed by atoms with Gasteiger partial charge in [0.2, 0.25) is 0 Å². The summed E-state index contributed by atoms with van der Waals surface area (Å²) in [4.78, 5) is 16.3. The molecule has 0 spiro atoms. The molecule has 0 saturated carbocycles. The molecule has 0 saturated heterocycles. The number of fused-ring (bicyclic) bond motifs is 1. The summed E-state index contributed by atoms with van der Waals surface area (Å²) in [6, 6.07) is 8.56. The van der Waals surface area contributed by atoms with Gasteiger partial charge in [0, 0.05) is 31.2 Å². The van der Waals surface area contributed by atoms with Gasteiger partial charge in [-0.2, -0.15) is 0 Å². The third-order valence-corrected chi connectivity index (χ3v) is 3.56. The van der Waals surface area contributed by atoms with E-state index in [2.05, 4.69) is 11.1 Å². The van der Waals surface area contributed by atoms with Crippen molar-refractivity contribution in [3.05, 3.63) is 53.2 Å². The molecule has 3 aromatic rings. The van der Waals surface area contributed by atoms with Crippen LogP contribution >= 0.6 is 0 Å². The van der Waals surface area contributed by atoms with Crippen molar-refractivity contribution >= 4 is 10.8 Å². The number of nitrogens with zero attached hydrogens (tertiary/aromatic N) is 2. The van der Waals surface area contributed by atoms with Gasteiger partial charge < -0.3 is 14.0 Å². The number of rotatable bonds is 3. The largest absolute Gasteiger partial charge is 0.496 e. The Morgan fingerprint density at radius 2 is 1.82 bits per heavy atom. The molecule has 0 bridgehead atoms. The predicted molar refractivity (Wildman–Crippen MR) is 84.4 cm³/mol. The molecule has 0 atom stereocenters. The van der Waals surface area contributed by atoms with Crippen molar-refractivity contribution < 1.29 is 9.47 Å². The van der Waals surface area contributed by atoms with Gasteiger partial charge in [0.05, 0.1) is 25.7 Å². The van der Waals surface area contributed by atoms with Gasteiger partial charge in [-0.15, -0.1) is 0 Å². The first-order valence-electron chi connectivity index (χ1n) is 6.73. The third-order valence-electron chi connectivity index (χ3n) is 3.56. The Balaban J connectivity index is 2.35. The van der Waals surface area contributed by atoms with E-state index < -0.39 is 0 Å². The Kier molecular flexibility index (Phi) is 3.55. The number of ether oxygens (including phenoxy) is 2. The number of aryl methyl sites for hydroxylation is 1. The summed E-state index contributed by atoms with van der Waals surface area (Å²) in [5.41, 5.74) is 1.72. The van der Waals surface area contributed by atoms with Gasteiger partial charge in [0.25, 0.3) is 5.56 Å². The number of aromatic nitrogens is 2. The van der Waals surface area contributed by atoms with Crippen LogP contribution in [-0.4, -0.2) is 23.8 Å². The van der Waals surface area contributed by atoms with Gasteiger partial charge in [-0.05, 0) is 29.1 Å². The second-order valence-electron chi connectivity index (χ2n) is 4.89. The Labute approximate surface area is 127 Å². The Morgan fingerprint density at radius 1 is 1.14 bits per heavy atom. The van der Waals surface area contributed by atoms with E-state index in [0.717, 1.165) is 16.5 Å². The van der Waals surface area contributed by atoms with Crippen LogP contribution in [0, 0.1) is 6.07 Å². The van der Waals surface area contributed by atoms with E-state index in [1.54, 1.807) is 44.4 Å². The van der Waals surface area contributed by atoms with Gasteiger partial charge in [-0.25, -0.2) is 0 Å². The number of hydrogen-bond acceptors (Lipinski definition) is 4. The summed E-state index contributed by atoms with van der Waals surface area (Å²) in [6.07, 6.45) is 5.07. The first-order valence-corrected chi connectivity index (χ1v) is 6.73. The zero-order valence-electron chi connectivity index (χ0n) is 12.6. The lowest BCUT2D eigenvalue weighted by Crippen LogP contribution is -2.16. The van der Waals surface area contributed by atoms with Crippen molar-refractivity contribution in [2.45, 2.75) is 0 Å². The second-order valence-corrected chi connectivity index (χ2v) is 4.89. The van der Waals surface area contributed by atoms with E-state index in [1.807, 2.05) is 18.2 Å². The van der Waals surface area contributed by atoms with Crippen molar-refractivity contribution in [2.24, 2.45) is 7.05 Å². The molecule has 1 radical (unpaired) electrons. The van der Waals surface area contributed by atoms with Crippen molar-refractivity contribution in [1.82, 2.24) is 9.55 Å². The molecule has 0 unspecified atom stereocenters. The molecular formula is C17H15N2O3. The molecule has 0 amide bonds. The summed E-state index contributed by atoms with van der Waals surface area (Å²) in [6.45, 7) is 0. The maximum atomic E-state index is 12.2. The summed E-state index contributed by atoms with van der Waals surface area (Å²) in [7, 11) is 4.89. The molecule has 0 aliphatic rings. The van der Waals surface area contributed by atoms with E-state index in [1.165, 1.54) is 0 Å². The maximum absolute atomic E-state index is 12.2. The van der Waals surface area contributed by atoms with Gasteiger partial charge >= 0.3 is 0 Å². The Morgan fingerprint density at radius 3 is 2.45 bits per heavy atom. The molecule has 3 rings (SSSR count). The van der Waals surface area contributed by atoms with Crippen LogP contribution in [0.2, 0.25) is 0 Å². The SMILES string of the molecule is COc1[c]c(OC)cc(-c2cn(C)c(=O)c3cnccc23)c1. The molecule has 5 heteroatoms. The summed E-state index contributed by atoms with van der Waals surface area (Å²) >= 11 is 0. The van der Waals surface area contributed by atoms with Gasteiger partial charge in [0.1, 0.15) is 11.5 Å². The highest BCUT2D eigenvalue weighted by Crippen LogP contribution is 2.32. The lowest BCUT2D eigenvalue weighted by atomic mass is 10.0. The maximum Gasteiger partial charge on any atom is 0.259 e. The smallest absolute Gasteiger partial charge is 0.259 e. The Hall–Kier alpha value is -2.82. The van der Waals surface area contributed by atoms with Gasteiger partial charge in [0.15, 0.2) is 0 Å². The van der Waals surface area contributed by atoms with Crippen LogP contribution in [0.15, 0.2) is 41.6 Å². The molecule has 0 aliphatic heterocycles. The fraction of sp³-hybridized carbons (Fsp3) is 0.176. The normalized spacial score (nSPS) is 10.7. The topological polar surface area (TPSA) is 53.4 Å². The predicted octanol–water partition coefficient (Wildman–Crippen LogP) is 2.42. The second kappa shape index (κ2) is 5.52. The van der Waals surface area contributed by atoms with Gasteiger partial charge in [-0.1, -0.05) is 0 Å².